The molecule has 1 aliphatic carbocycles. The molecule has 0 bridgehead atoms. The van der Waals surface area contributed by atoms with Crippen LogP contribution in [0.1, 0.15) is 32.1 Å². The summed E-state index contributed by atoms with van der Waals surface area (Å²) in [6, 6.07) is 4.79. The Kier molecular flexibility index (Phi) is 7.11. The van der Waals surface area contributed by atoms with Gasteiger partial charge in [0.2, 0.25) is 23.8 Å². The number of hydrogen-bond acceptors (Lipinski definition) is 10. The topological polar surface area (TPSA) is 121 Å². The van der Waals surface area contributed by atoms with Crippen LogP contribution in [0.4, 0.5) is 32.7 Å². The molecule has 1 aromatic heterocycles. The zero-order chi connectivity index (χ0) is 23.4. The van der Waals surface area contributed by atoms with E-state index in [-0.39, 0.29) is 35.3 Å². The SMILES string of the molecule is COc1ccc(Nc2nc(NCC3SC(=O)NC3=O)nc(N(C)C3CCCCC3)n2)cc1F. The molecule has 0 spiro atoms. The maximum atomic E-state index is 14.1. The van der Waals surface area contributed by atoms with Gasteiger partial charge in [-0.15, -0.1) is 0 Å². The second-order valence-corrected chi connectivity index (χ2v) is 9.10. The Morgan fingerprint density at radius 2 is 1.94 bits per heavy atom. The first kappa shape index (κ1) is 23.0. The number of rotatable bonds is 8. The van der Waals surface area contributed by atoms with Gasteiger partial charge in [0.1, 0.15) is 5.25 Å². The molecule has 2 aromatic rings. The minimum Gasteiger partial charge on any atom is -0.494 e. The predicted octanol–water partition coefficient (Wildman–Crippen LogP) is 3.30. The third-order valence-corrected chi connectivity index (χ3v) is 6.66. The maximum absolute atomic E-state index is 14.1. The normalized spacial score (nSPS) is 18.7. The Morgan fingerprint density at radius 3 is 2.61 bits per heavy atom. The molecular formula is C21H26FN7O3S. The third kappa shape index (κ3) is 5.62. The average molecular weight is 476 g/mol. The molecule has 176 valence electrons. The Labute approximate surface area is 195 Å². The number of carbonyl (C=O) groups is 2. The molecule has 3 N–H and O–H groups in total. The van der Waals surface area contributed by atoms with Crippen molar-refractivity contribution in [3.05, 3.63) is 24.0 Å². The Bertz CT molecular complexity index is 1030. The number of thioether (sulfide) groups is 1. The lowest BCUT2D eigenvalue weighted by atomic mass is 9.95. The highest BCUT2D eigenvalue weighted by atomic mass is 32.2. The van der Waals surface area contributed by atoms with E-state index >= 15 is 0 Å². The standard InChI is InChI=1S/C21H26FN7O3S/c1-29(13-6-4-3-5-7-13)20-27-18(23-11-16-17(30)25-21(31)33-16)26-19(28-20)24-12-8-9-15(32-2)14(22)10-12/h8-10,13,16H,3-7,11H2,1-2H3,(H,25,30,31)(H2,23,24,26,27,28). The molecule has 2 heterocycles. The van der Waals surface area contributed by atoms with Crippen molar-refractivity contribution in [1.82, 2.24) is 20.3 Å². The van der Waals surface area contributed by atoms with Crippen molar-refractivity contribution in [3.63, 3.8) is 0 Å². The van der Waals surface area contributed by atoms with Gasteiger partial charge in [0.15, 0.2) is 11.6 Å². The van der Waals surface area contributed by atoms with Crippen molar-refractivity contribution in [2.75, 3.05) is 36.2 Å². The number of amides is 2. The minimum atomic E-state index is -0.569. The van der Waals surface area contributed by atoms with Crippen molar-refractivity contribution in [2.24, 2.45) is 0 Å². The molecule has 0 radical (unpaired) electrons. The Morgan fingerprint density at radius 1 is 1.18 bits per heavy atom. The fourth-order valence-corrected chi connectivity index (χ4v) is 4.62. The fourth-order valence-electron chi connectivity index (χ4n) is 3.87. The van der Waals surface area contributed by atoms with Gasteiger partial charge in [-0.05, 0) is 36.7 Å². The number of hydrogen-bond donors (Lipinski definition) is 3. The zero-order valence-electron chi connectivity index (χ0n) is 18.4. The molecule has 4 rings (SSSR count). The number of carbonyl (C=O) groups excluding carboxylic acids is 2. The Balaban J connectivity index is 1.57. The highest BCUT2D eigenvalue weighted by Gasteiger charge is 2.31. The van der Waals surface area contributed by atoms with E-state index < -0.39 is 11.1 Å². The van der Waals surface area contributed by atoms with Crippen LogP contribution in [-0.4, -0.2) is 58.1 Å². The Hall–Kier alpha value is -3.15. The second kappa shape index (κ2) is 10.2. The van der Waals surface area contributed by atoms with Crippen molar-refractivity contribution in [1.29, 1.82) is 0 Å². The average Bonchev–Trinajstić information content (AvgIpc) is 3.14. The van der Waals surface area contributed by atoms with E-state index in [1.165, 1.54) is 25.7 Å². The summed E-state index contributed by atoms with van der Waals surface area (Å²) in [6.07, 6.45) is 5.65. The molecular weight excluding hydrogens is 449 g/mol. The van der Waals surface area contributed by atoms with Crippen molar-refractivity contribution in [2.45, 2.75) is 43.4 Å². The van der Waals surface area contributed by atoms with Gasteiger partial charge in [0.25, 0.3) is 5.24 Å². The molecule has 2 aliphatic rings. The van der Waals surface area contributed by atoms with E-state index in [4.69, 9.17) is 4.74 Å². The van der Waals surface area contributed by atoms with Crippen molar-refractivity contribution >= 4 is 46.4 Å². The summed E-state index contributed by atoms with van der Waals surface area (Å²) in [6.45, 7) is 0.176. The molecule has 2 amide bonds. The molecule has 1 unspecified atom stereocenters. The highest BCUT2D eigenvalue weighted by Crippen LogP contribution is 2.27. The number of halogens is 1. The fraction of sp³-hybridized carbons (Fsp3) is 0.476. The van der Waals surface area contributed by atoms with E-state index in [0.717, 1.165) is 37.4 Å². The molecule has 10 nitrogen and oxygen atoms in total. The lowest BCUT2D eigenvalue weighted by Crippen LogP contribution is -2.35. The highest BCUT2D eigenvalue weighted by molar-refractivity contribution is 8.15. The smallest absolute Gasteiger partial charge is 0.286 e. The van der Waals surface area contributed by atoms with Crippen LogP contribution in [0.5, 0.6) is 5.75 Å². The number of aromatic nitrogens is 3. The summed E-state index contributed by atoms with van der Waals surface area (Å²) in [5.41, 5.74) is 0.452. The van der Waals surface area contributed by atoms with Gasteiger partial charge >= 0.3 is 0 Å². The molecule has 12 heteroatoms. The van der Waals surface area contributed by atoms with Crippen molar-refractivity contribution in [3.8, 4) is 5.75 Å². The van der Waals surface area contributed by atoms with E-state index in [9.17, 15) is 14.0 Å². The van der Waals surface area contributed by atoms with Crippen LogP contribution in [0.2, 0.25) is 0 Å². The van der Waals surface area contributed by atoms with Crippen molar-refractivity contribution < 1.29 is 18.7 Å². The summed E-state index contributed by atoms with van der Waals surface area (Å²) < 4.78 is 19.1. The van der Waals surface area contributed by atoms with Crippen LogP contribution >= 0.6 is 11.8 Å². The number of nitrogens with one attached hydrogen (secondary N) is 3. The van der Waals surface area contributed by atoms with E-state index in [1.807, 2.05) is 11.9 Å². The van der Waals surface area contributed by atoms with Crippen LogP contribution in [0.15, 0.2) is 18.2 Å². The lowest BCUT2D eigenvalue weighted by molar-refractivity contribution is -0.118. The molecule has 1 saturated carbocycles. The lowest BCUT2D eigenvalue weighted by Gasteiger charge is -2.31. The van der Waals surface area contributed by atoms with Gasteiger partial charge in [-0.1, -0.05) is 19.3 Å². The first-order valence-corrected chi connectivity index (χ1v) is 11.7. The van der Waals surface area contributed by atoms with Gasteiger partial charge in [-0.25, -0.2) is 4.39 Å². The van der Waals surface area contributed by atoms with Crippen LogP contribution in [0, 0.1) is 5.82 Å². The molecule has 33 heavy (non-hydrogen) atoms. The summed E-state index contributed by atoms with van der Waals surface area (Å²) in [5, 5.41) is 7.37. The molecule has 1 atom stereocenters. The summed E-state index contributed by atoms with van der Waals surface area (Å²) in [5.74, 6) is 0.233. The third-order valence-electron chi connectivity index (χ3n) is 5.68. The van der Waals surface area contributed by atoms with Gasteiger partial charge in [0, 0.05) is 31.4 Å². The second-order valence-electron chi connectivity index (χ2n) is 7.92. The molecule has 1 aliphatic heterocycles. The molecule has 1 saturated heterocycles. The van der Waals surface area contributed by atoms with E-state index in [2.05, 4.69) is 30.9 Å². The monoisotopic (exact) mass is 475 g/mol. The van der Waals surface area contributed by atoms with Gasteiger partial charge < -0.3 is 20.3 Å². The quantitative estimate of drug-likeness (QED) is 0.524. The summed E-state index contributed by atoms with van der Waals surface area (Å²) >= 11 is 0.925. The molecule has 2 fully saturated rings. The van der Waals surface area contributed by atoms with Gasteiger partial charge in [0.05, 0.1) is 7.11 Å². The zero-order valence-corrected chi connectivity index (χ0v) is 19.2. The maximum Gasteiger partial charge on any atom is 0.286 e. The summed E-state index contributed by atoms with van der Waals surface area (Å²) in [7, 11) is 3.35. The van der Waals surface area contributed by atoms with Gasteiger partial charge in [-0.3, -0.25) is 14.9 Å². The predicted molar refractivity (Wildman–Crippen MR) is 125 cm³/mol. The first-order chi connectivity index (χ1) is 15.9. The van der Waals surface area contributed by atoms with E-state index in [1.54, 1.807) is 6.07 Å². The number of benzene rings is 1. The number of methoxy groups -OCH3 is 1. The van der Waals surface area contributed by atoms with E-state index in [0.29, 0.717) is 17.7 Å². The number of nitrogens with zero attached hydrogens (tertiary/aromatic N) is 4. The minimum absolute atomic E-state index is 0.137. The number of anilines is 4. The van der Waals surface area contributed by atoms with Crippen LogP contribution in [0.3, 0.4) is 0 Å². The number of imide groups is 1. The van der Waals surface area contributed by atoms with Crippen LogP contribution in [0.25, 0.3) is 0 Å². The number of ether oxygens (including phenoxy) is 1. The molecule has 1 aromatic carbocycles. The largest absolute Gasteiger partial charge is 0.494 e. The van der Waals surface area contributed by atoms with Crippen LogP contribution < -0.4 is 25.6 Å². The first-order valence-electron chi connectivity index (χ1n) is 10.8. The summed E-state index contributed by atoms with van der Waals surface area (Å²) in [4.78, 5) is 38.8. The van der Waals surface area contributed by atoms with Gasteiger partial charge in [-0.2, -0.15) is 15.0 Å². The van der Waals surface area contributed by atoms with Crippen LogP contribution in [-0.2, 0) is 4.79 Å².